The lowest BCUT2D eigenvalue weighted by molar-refractivity contribution is -0.141. The third-order valence-corrected chi connectivity index (χ3v) is 4.50. The van der Waals surface area contributed by atoms with Gasteiger partial charge in [-0.3, -0.25) is 24.2 Å². The lowest BCUT2D eigenvalue weighted by Gasteiger charge is -2.23. The predicted molar refractivity (Wildman–Crippen MR) is 107 cm³/mol. The van der Waals surface area contributed by atoms with Crippen molar-refractivity contribution < 1.29 is 29.4 Å². The van der Waals surface area contributed by atoms with E-state index in [2.05, 4.69) is 26.3 Å². The van der Waals surface area contributed by atoms with Gasteiger partial charge in [-0.2, -0.15) is 0 Å². The summed E-state index contributed by atoms with van der Waals surface area (Å²) in [6.07, 6.45) is 1.87. The van der Waals surface area contributed by atoms with Gasteiger partial charge in [0.2, 0.25) is 17.7 Å². The van der Waals surface area contributed by atoms with Crippen LogP contribution in [0.2, 0.25) is 0 Å². The van der Waals surface area contributed by atoms with Gasteiger partial charge in [0.1, 0.15) is 18.1 Å². The van der Waals surface area contributed by atoms with Crippen molar-refractivity contribution in [1.29, 1.82) is 0 Å². The van der Waals surface area contributed by atoms with E-state index < -0.39 is 54.5 Å². The monoisotopic (exact) mass is 429 g/mol. The van der Waals surface area contributed by atoms with Gasteiger partial charge in [0.05, 0.1) is 12.6 Å². The molecule has 1 saturated heterocycles. The third kappa shape index (κ3) is 8.61. The number of aliphatic imine (C=N–C) groups is 1. The van der Waals surface area contributed by atoms with Crippen LogP contribution in [0.1, 0.15) is 32.6 Å². The molecule has 0 saturated carbocycles. The fourth-order valence-electron chi connectivity index (χ4n) is 2.80. The molecule has 0 aromatic heterocycles. The first-order chi connectivity index (χ1) is 14.1. The predicted octanol–water partition coefficient (Wildman–Crippen LogP) is -3.66. The number of amides is 3. The van der Waals surface area contributed by atoms with E-state index in [1.165, 1.54) is 6.92 Å². The van der Waals surface area contributed by atoms with Crippen molar-refractivity contribution in [3.05, 3.63) is 0 Å². The van der Waals surface area contributed by atoms with E-state index in [4.69, 9.17) is 16.6 Å². The number of carboxylic acids is 1. The quantitative estimate of drug-likeness (QED) is 0.0868. The van der Waals surface area contributed by atoms with E-state index >= 15 is 0 Å². The number of nitrogens with two attached hydrogens (primary N) is 2. The molecule has 1 rings (SSSR count). The average Bonchev–Trinajstić information content (AvgIpc) is 3.22. The van der Waals surface area contributed by atoms with Gasteiger partial charge in [-0.1, -0.05) is 0 Å². The summed E-state index contributed by atoms with van der Waals surface area (Å²) in [5, 5.41) is 28.6. The molecule has 30 heavy (non-hydrogen) atoms. The Bertz CT molecular complexity index is 647. The zero-order valence-corrected chi connectivity index (χ0v) is 16.9. The summed E-state index contributed by atoms with van der Waals surface area (Å²) in [4.78, 5) is 51.9. The Labute approximate surface area is 174 Å². The highest BCUT2D eigenvalue weighted by atomic mass is 16.4. The maximum atomic E-state index is 12.5. The van der Waals surface area contributed by atoms with Crippen molar-refractivity contribution in [1.82, 2.24) is 21.3 Å². The molecule has 13 heteroatoms. The summed E-state index contributed by atoms with van der Waals surface area (Å²) in [6.45, 7) is 1.50. The second-order valence-electron chi connectivity index (χ2n) is 6.97. The lowest BCUT2D eigenvalue weighted by atomic mass is 10.1. The summed E-state index contributed by atoms with van der Waals surface area (Å²) in [5.41, 5.74) is 10.5. The molecule has 0 radical (unpaired) electrons. The number of hydrogen-bond donors (Lipinski definition) is 8. The average molecular weight is 429 g/mol. The number of nitrogens with zero attached hydrogens (tertiary/aromatic N) is 1. The molecule has 4 unspecified atom stereocenters. The van der Waals surface area contributed by atoms with Crippen molar-refractivity contribution in [2.45, 2.75) is 56.8 Å². The first-order valence-electron chi connectivity index (χ1n) is 9.69. The Hall–Kier alpha value is -2.93. The molecule has 1 fully saturated rings. The number of carbonyl (C=O) groups is 4. The van der Waals surface area contributed by atoms with Crippen molar-refractivity contribution >= 4 is 29.7 Å². The third-order valence-electron chi connectivity index (χ3n) is 4.50. The second kappa shape index (κ2) is 12.6. The minimum absolute atomic E-state index is 0.108. The molecule has 1 heterocycles. The van der Waals surface area contributed by atoms with Crippen LogP contribution in [-0.4, -0.2) is 83.7 Å². The summed E-state index contributed by atoms with van der Waals surface area (Å²) < 4.78 is 0. The number of aliphatic hydroxyl groups excluding tert-OH is 1. The number of aliphatic carboxylic acids is 1. The molecule has 170 valence electrons. The summed E-state index contributed by atoms with van der Waals surface area (Å²) in [6, 6.07) is -3.98. The molecule has 1 aliphatic heterocycles. The van der Waals surface area contributed by atoms with Crippen LogP contribution in [0, 0.1) is 0 Å². The summed E-state index contributed by atoms with van der Waals surface area (Å²) in [5.74, 6) is -3.27. The molecule has 0 spiro atoms. The van der Waals surface area contributed by atoms with Gasteiger partial charge >= 0.3 is 5.97 Å². The molecular weight excluding hydrogens is 398 g/mol. The van der Waals surface area contributed by atoms with Crippen LogP contribution in [0.5, 0.6) is 0 Å². The number of guanidine groups is 1. The smallest absolute Gasteiger partial charge is 0.325 e. The van der Waals surface area contributed by atoms with Gasteiger partial charge in [-0.25, -0.2) is 0 Å². The molecule has 4 atom stereocenters. The normalized spacial score (nSPS) is 18.5. The fourth-order valence-corrected chi connectivity index (χ4v) is 2.80. The highest BCUT2D eigenvalue weighted by Gasteiger charge is 2.30. The maximum absolute atomic E-state index is 12.5. The van der Waals surface area contributed by atoms with E-state index in [9.17, 15) is 24.3 Å². The lowest BCUT2D eigenvalue weighted by Crippen LogP contribution is -2.57. The van der Waals surface area contributed by atoms with Crippen molar-refractivity contribution in [3.63, 3.8) is 0 Å². The largest absolute Gasteiger partial charge is 0.480 e. The first kappa shape index (κ1) is 25.1. The number of carboxylic acid groups (broad SMARTS) is 1. The minimum Gasteiger partial charge on any atom is -0.480 e. The van der Waals surface area contributed by atoms with E-state index in [-0.39, 0.29) is 18.9 Å². The van der Waals surface area contributed by atoms with Gasteiger partial charge in [-0.15, -0.1) is 0 Å². The summed E-state index contributed by atoms with van der Waals surface area (Å²) in [7, 11) is 0. The van der Waals surface area contributed by atoms with E-state index in [0.29, 0.717) is 19.4 Å². The number of carbonyl (C=O) groups excluding carboxylic acids is 3. The molecular formula is C17H31N7O6. The first-order valence-corrected chi connectivity index (χ1v) is 9.69. The minimum atomic E-state index is -1.26. The van der Waals surface area contributed by atoms with Crippen LogP contribution in [0.3, 0.4) is 0 Å². The molecule has 10 N–H and O–H groups in total. The maximum Gasteiger partial charge on any atom is 0.325 e. The van der Waals surface area contributed by atoms with Gasteiger partial charge in [0, 0.05) is 6.54 Å². The Kier molecular flexibility index (Phi) is 10.5. The number of hydrogen-bond acceptors (Lipinski definition) is 7. The molecule has 13 nitrogen and oxygen atoms in total. The SMILES string of the molecule is CC(NC(=O)C(CCCN=C(N)N)NC(=O)C(CO)NC(=O)C1CCCN1)C(=O)O. The van der Waals surface area contributed by atoms with Gasteiger partial charge in [0.15, 0.2) is 5.96 Å². The molecule has 0 aliphatic carbocycles. The van der Waals surface area contributed by atoms with Gasteiger partial charge in [0.25, 0.3) is 0 Å². The van der Waals surface area contributed by atoms with Crippen LogP contribution < -0.4 is 32.7 Å². The topological polar surface area (TPSA) is 221 Å². The Morgan fingerprint density at radius 1 is 1.13 bits per heavy atom. The molecule has 0 aromatic carbocycles. The van der Waals surface area contributed by atoms with Crippen LogP contribution in [-0.2, 0) is 19.2 Å². The summed E-state index contributed by atoms with van der Waals surface area (Å²) >= 11 is 0. The standard InChI is InChI=1S/C17H31N7O6/c1-9(16(29)30)22-14(27)11(5-3-7-21-17(18)19)23-15(28)12(8-25)24-13(26)10-4-2-6-20-10/h9-12,20,25H,2-8H2,1H3,(H,22,27)(H,23,28)(H,24,26)(H,29,30)(H4,18,19,21). The number of aliphatic hydroxyl groups is 1. The Balaban J connectivity index is 2.75. The Morgan fingerprint density at radius 3 is 2.33 bits per heavy atom. The van der Waals surface area contributed by atoms with Crippen LogP contribution in [0.15, 0.2) is 4.99 Å². The van der Waals surface area contributed by atoms with E-state index in [1.807, 2.05) is 0 Å². The van der Waals surface area contributed by atoms with Crippen molar-refractivity contribution in [2.75, 3.05) is 19.7 Å². The highest BCUT2D eigenvalue weighted by Crippen LogP contribution is 2.05. The van der Waals surface area contributed by atoms with Gasteiger partial charge < -0.3 is 42.9 Å². The fraction of sp³-hybridized carbons (Fsp3) is 0.706. The highest BCUT2D eigenvalue weighted by molar-refractivity contribution is 5.94. The van der Waals surface area contributed by atoms with Gasteiger partial charge in [-0.05, 0) is 39.2 Å². The van der Waals surface area contributed by atoms with Crippen molar-refractivity contribution in [2.24, 2.45) is 16.5 Å². The van der Waals surface area contributed by atoms with E-state index in [1.54, 1.807) is 0 Å². The van der Waals surface area contributed by atoms with Crippen LogP contribution in [0.4, 0.5) is 0 Å². The molecule has 1 aliphatic rings. The van der Waals surface area contributed by atoms with Crippen molar-refractivity contribution in [3.8, 4) is 0 Å². The van der Waals surface area contributed by atoms with Crippen LogP contribution in [0.25, 0.3) is 0 Å². The second-order valence-corrected chi connectivity index (χ2v) is 6.97. The molecule has 0 bridgehead atoms. The number of nitrogens with one attached hydrogen (secondary N) is 4. The number of rotatable bonds is 12. The zero-order valence-electron chi connectivity index (χ0n) is 16.9. The molecule has 3 amide bonds. The molecule has 0 aromatic rings. The van der Waals surface area contributed by atoms with Crippen LogP contribution >= 0.6 is 0 Å². The van der Waals surface area contributed by atoms with E-state index in [0.717, 1.165) is 6.42 Å². The zero-order chi connectivity index (χ0) is 22.7. The Morgan fingerprint density at radius 2 is 1.80 bits per heavy atom.